The molecular formula is C17H18N6O. The first-order valence-electron chi connectivity index (χ1n) is 7.96. The summed E-state index contributed by atoms with van der Waals surface area (Å²) >= 11 is 0. The van der Waals surface area contributed by atoms with Gasteiger partial charge in [0.2, 0.25) is 0 Å². The zero-order valence-electron chi connectivity index (χ0n) is 13.4. The number of hydrogen-bond acceptors (Lipinski definition) is 6. The third kappa shape index (κ3) is 2.58. The van der Waals surface area contributed by atoms with Crippen LogP contribution in [-0.4, -0.2) is 38.8 Å². The monoisotopic (exact) mass is 322 g/mol. The Kier molecular flexibility index (Phi) is 3.41. The Morgan fingerprint density at radius 2 is 2.00 bits per heavy atom. The zero-order valence-corrected chi connectivity index (χ0v) is 13.4. The van der Waals surface area contributed by atoms with Crippen LogP contribution in [0.5, 0.6) is 0 Å². The number of piperidine rings is 1. The van der Waals surface area contributed by atoms with Gasteiger partial charge in [-0.2, -0.15) is 0 Å². The second kappa shape index (κ2) is 5.59. The van der Waals surface area contributed by atoms with E-state index in [1.54, 1.807) is 6.20 Å². The molecule has 3 heterocycles. The largest absolute Gasteiger partial charge is 0.382 e. The molecule has 0 atom stereocenters. The second-order valence-electron chi connectivity index (χ2n) is 6.09. The van der Waals surface area contributed by atoms with Gasteiger partial charge in [0.25, 0.3) is 0 Å². The Balaban J connectivity index is 1.73. The zero-order chi connectivity index (χ0) is 16.7. The molecule has 2 aromatic heterocycles. The number of hydrogen-bond donors (Lipinski definition) is 2. The molecular weight excluding hydrogens is 304 g/mol. The predicted molar refractivity (Wildman–Crippen MR) is 92.7 cm³/mol. The van der Waals surface area contributed by atoms with Crippen LogP contribution in [0.15, 0.2) is 24.4 Å². The van der Waals surface area contributed by atoms with Gasteiger partial charge in [-0.05, 0) is 24.6 Å². The molecule has 0 spiro atoms. The number of aryl methyl sites for hydroxylation is 1. The van der Waals surface area contributed by atoms with Gasteiger partial charge in [0.05, 0.1) is 17.2 Å². The molecule has 1 fully saturated rings. The summed E-state index contributed by atoms with van der Waals surface area (Å²) < 4.78 is 0. The van der Waals surface area contributed by atoms with Crippen LogP contribution in [0.3, 0.4) is 0 Å². The summed E-state index contributed by atoms with van der Waals surface area (Å²) in [7, 11) is 0. The van der Waals surface area contributed by atoms with E-state index in [9.17, 15) is 4.79 Å². The van der Waals surface area contributed by atoms with Crippen molar-refractivity contribution in [2.24, 2.45) is 0 Å². The Morgan fingerprint density at radius 1 is 1.21 bits per heavy atom. The minimum atomic E-state index is 0.294. The summed E-state index contributed by atoms with van der Waals surface area (Å²) in [5.41, 5.74) is 9.53. The molecule has 1 aromatic carbocycles. The van der Waals surface area contributed by atoms with Crippen molar-refractivity contribution in [2.75, 3.05) is 23.7 Å². The number of Topliss-reactive ketones (excluding diaryl/α,β-unsaturated/α-hetero) is 1. The van der Waals surface area contributed by atoms with Crippen LogP contribution >= 0.6 is 0 Å². The normalized spacial score (nSPS) is 15.2. The maximum Gasteiger partial charge on any atom is 0.161 e. The van der Waals surface area contributed by atoms with E-state index in [0.717, 1.165) is 22.4 Å². The van der Waals surface area contributed by atoms with Gasteiger partial charge in [0, 0.05) is 25.9 Å². The third-order valence-electron chi connectivity index (χ3n) is 4.29. The minimum absolute atomic E-state index is 0.294. The van der Waals surface area contributed by atoms with Gasteiger partial charge in [-0.15, -0.1) is 0 Å². The first-order chi connectivity index (χ1) is 11.6. The van der Waals surface area contributed by atoms with Crippen molar-refractivity contribution in [3.63, 3.8) is 0 Å². The predicted octanol–water partition coefficient (Wildman–Crippen LogP) is 2.08. The Morgan fingerprint density at radius 3 is 2.79 bits per heavy atom. The number of anilines is 2. The van der Waals surface area contributed by atoms with E-state index in [-0.39, 0.29) is 0 Å². The van der Waals surface area contributed by atoms with E-state index in [1.807, 2.05) is 25.1 Å². The fourth-order valence-corrected chi connectivity index (χ4v) is 2.94. The topological polar surface area (TPSA) is 101 Å². The van der Waals surface area contributed by atoms with Crippen molar-refractivity contribution in [3.05, 3.63) is 30.0 Å². The van der Waals surface area contributed by atoms with E-state index in [1.165, 1.54) is 0 Å². The molecule has 4 rings (SSSR count). The molecule has 0 aliphatic carbocycles. The van der Waals surface area contributed by atoms with Crippen LogP contribution in [0.1, 0.15) is 18.4 Å². The fraction of sp³-hybridized carbons (Fsp3) is 0.294. The first-order valence-corrected chi connectivity index (χ1v) is 7.96. The van der Waals surface area contributed by atoms with Gasteiger partial charge in [-0.1, -0.05) is 6.07 Å². The number of nitrogens with zero attached hydrogens (tertiary/aromatic N) is 4. The summed E-state index contributed by atoms with van der Waals surface area (Å²) in [5.74, 6) is 1.96. The summed E-state index contributed by atoms with van der Waals surface area (Å²) in [6.45, 7) is 3.36. The lowest BCUT2D eigenvalue weighted by molar-refractivity contribution is -0.119. The van der Waals surface area contributed by atoms with Crippen molar-refractivity contribution in [3.8, 4) is 11.5 Å². The first kappa shape index (κ1) is 14.6. The molecule has 1 aliphatic heterocycles. The van der Waals surface area contributed by atoms with E-state index < -0.39 is 0 Å². The highest BCUT2D eigenvalue weighted by molar-refractivity contribution is 5.82. The maximum absolute atomic E-state index is 11.4. The molecule has 0 saturated carbocycles. The standard InChI is InChI=1S/C17H18N6O/c1-10-2-3-12-13(8-10)21-17(20-12)15-16(18)19-9-14(22-15)23-6-4-11(24)5-7-23/h2-3,8-9H,4-7H2,1H3,(H2,18,19)(H,20,21). The molecule has 7 heteroatoms. The fourth-order valence-electron chi connectivity index (χ4n) is 2.94. The number of nitrogen functional groups attached to an aromatic ring is 1. The number of nitrogens with one attached hydrogen (secondary N) is 1. The number of rotatable bonds is 2. The number of benzene rings is 1. The molecule has 0 bridgehead atoms. The third-order valence-corrected chi connectivity index (χ3v) is 4.29. The minimum Gasteiger partial charge on any atom is -0.382 e. The molecule has 122 valence electrons. The van der Waals surface area contributed by atoms with E-state index >= 15 is 0 Å². The second-order valence-corrected chi connectivity index (χ2v) is 6.09. The number of carbonyl (C=O) groups excluding carboxylic acids is 1. The molecule has 24 heavy (non-hydrogen) atoms. The summed E-state index contributed by atoms with van der Waals surface area (Å²) in [6.07, 6.45) is 2.75. The number of ketones is 1. The lowest BCUT2D eigenvalue weighted by Gasteiger charge is -2.27. The van der Waals surface area contributed by atoms with Gasteiger partial charge < -0.3 is 15.6 Å². The summed E-state index contributed by atoms with van der Waals surface area (Å²) in [6, 6.07) is 6.02. The lowest BCUT2D eigenvalue weighted by atomic mass is 10.1. The average Bonchev–Trinajstić information content (AvgIpc) is 2.99. The van der Waals surface area contributed by atoms with Crippen molar-refractivity contribution in [1.29, 1.82) is 0 Å². The number of aromatic amines is 1. The van der Waals surface area contributed by atoms with E-state index in [4.69, 9.17) is 5.73 Å². The number of nitrogens with two attached hydrogens (primary N) is 1. The highest BCUT2D eigenvalue weighted by Gasteiger charge is 2.20. The Hall–Kier alpha value is -2.96. The number of H-pyrrole nitrogens is 1. The maximum atomic E-state index is 11.4. The quantitative estimate of drug-likeness (QED) is 0.749. The average molecular weight is 322 g/mol. The van der Waals surface area contributed by atoms with Crippen LogP contribution in [0.4, 0.5) is 11.6 Å². The number of imidazole rings is 1. The van der Waals surface area contributed by atoms with Crippen molar-refractivity contribution >= 4 is 28.5 Å². The van der Waals surface area contributed by atoms with Crippen LogP contribution in [0.2, 0.25) is 0 Å². The smallest absolute Gasteiger partial charge is 0.161 e. The lowest BCUT2D eigenvalue weighted by Crippen LogP contribution is -2.34. The van der Waals surface area contributed by atoms with Gasteiger partial charge >= 0.3 is 0 Å². The molecule has 3 aromatic rings. The summed E-state index contributed by atoms with van der Waals surface area (Å²) in [4.78, 5) is 30.2. The summed E-state index contributed by atoms with van der Waals surface area (Å²) in [5, 5.41) is 0. The number of fused-ring (bicyclic) bond motifs is 1. The van der Waals surface area contributed by atoms with Crippen molar-refractivity contribution < 1.29 is 4.79 Å². The van der Waals surface area contributed by atoms with Crippen LogP contribution in [-0.2, 0) is 4.79 Å². The van der Waals surface area contributed by atoms with Crippen molar-refractivity contribution in [2.45, 2.75) is 19.8 Å². The van der Waals surface area contributed by atoms with E-state index in [0.29, 0.717) is 49.1 Å². The molecule has 3 N–H and O–H groups in total. The molecule has 0 amide bonds. The Bertz CT molecular complexity index is 922. The highest BCUT2D eigenvalue weighted by Crippen LogP contribution is 2.26. The van der Waals surface area contributed by atoms with Gasteiger partial charge in [-0.25, -0.2) is 15.0 Å². The molecule has 0 unspecified atom stereocenters. The SMILES string of the molecule is Cc1ccc2nc(-c3nc(N4CCC(=O)CC4)cnc3N)[nH]c2c1. The number of aromatic nitrogens is 4. The van der Waals surface area contributed by atoms with Crippen LogP contribution in [0.25, 0.3) is 22.6 Å². The van der Waals surface area contributed by atoms with Gasteiger partial charge in [-0.3, -0.25) is 4.79 Å². The molecule has 7 nitrogen and oxygen atoms in total. The molecule has 1 aliphatic rings. The van der Waals surface area contributed by atoms with Gasteiger partial charge in [0.15, 0.2) is 17.3 Å². The van der Waals surface area contributed by atoms with Crippen molar-refractivity contribution in [1.82, 2.24) is 19.9 Å². The van der Waals surface area contributed by atoms with E-state index in [2.05, 4.69) is 24.8 Å². The highest BCUT2D eigenvalue weighted by atomic mass is 16.1. The molecule has 0 radical (unpaired) electrons. The van der Waals surface area contributed by atoms with Crippen LogP contribution in [0, 0.1) is 6.92 Å². The van der Waals surface area contributed by atoms with Crippen LogP contribution < -0.4 is 10.6 Å². The van der Waals surface area contributed by atoms with Gasteiger partial charge in [0.1, 0.15) is 11.6 Å². The number of carbonyl (C=O) groups is 1. The molecule has 1 saturated heterocycles. The Labute approximate surface area is 138 Å².